The van der Waals surface area contributed by atoms with Crippen LogP contribution < -0.4 is 4.74 Å². The Morgan fingerprint density at radius 2 is 2.07 bits per heavy atom. The fraction of sp³-hybridized carbons (Fsp3) is 0.333. The number of rotatable bonds is 3. The minimum absolute atomic E-state index is 0.0142. The number of halogens is 2. The Labute approximate surface area is 84.8 Å². The van der Waals surface area contributed by atoms with E-state index >= 15 is 0 Å². The number of nitrogens with zero attached hydrogens (tertiary/aromatic N) is 1. The van der Waals surface area contributed by atoms with Gasteiger partial charge in [-0.3, -0.25) is 0 Å². The molecule has 4 nitrogen and oxygen atoms in total. The van der Waals surface area contributed by atoms with Crippen molar-refractivity contribution in [1.82, 2.24) is 4.98 Å². The van der Waals surface area contributed by atoms with Gasteiger partial charge in [0.05, 0.1) is 19.8 Å². The fourth-order valence-electron chi connectivity index (χ4n) is 0.978. The lowest BCUT2D eigenvalue weighted by Crippen LogP contribution is -2.05. The first kappa shape index (κ1) is 11.4. The normalized spacial score (nSPS) is 10.2. The zero-order valence-corrected chi connectivity index (χ0v) is 8.16. The van der Waals surface area contributed by atoms with Crippen LogP contribution in [0, 0.1) is 0 Å². The Balaban J connectivity index is 3.17. The molecule has 0 aliphatic carbocycles. The smallest absolute Gasteiger partial charge is 0.338 e. The SMILES string of the molecule is COC(=O)c1cc(OC)nc(C(F)F)c1. The third-order valence-corrected chi connectivity index (χ3v) is 1.68. The van der Waals surface area contributed by atoms with Crippen molar-refractivity contribution in [3.8, 4) is 5.88 Å². The Morgan fingerprint density at radius 3 is 2.53 bits per heavy atom. The van der Waals surface area contributed by atoms with Crippen molar-refractivity contribution in [2.24, 2.45) is 0 Å². The van der Waals surface area contributed by atoms with Crippen molar-refractivity contribution in [3.05, 3.63) is 23.4 Å². The van der Waals surface area contributed by atoms with E-state index in [0.29, 0.717) is 0 Å². The van der Waals surface area contributed by atoms with Gasteiger partial charge in [0.1, 0.15) is 5.69 Å². The number of carbonyl (C=O) groups is 1. The molecule has 82 valence electrons. The lowest BCUT2D eigenvalue weighted by atomic mass is 10.2. The monoisotopic (exact) mass is 217 g/mol. The first-order chi connectivity index (χ1) is 7.08. The molecule has 0 N–H and O–H groups in total. The van der Waals surface area contributed by atoms with Crippen molar-refractivity contribution in [2.75, 3.05) is 14.2 Å². The molecule has 1 rings (SSSR count). The molecule has 6 heteroatoms. The van der Waals surface area contributed by atoms with Crippen LogP contribution in [0.3, 0.4) is 0 Å². The zero-order valence-electron chi connectivity index (χ0n) is 8.16. The predicted octanol–water partition coefficient (Wildman–Crippen LogP) is 1.81. The Morgan fingerprint density at radius 1 is 1.40 bits per heavy atom. The molecule has 0 aliphatic rings. The van der Waals surface area contributed by atoms with E-state index in [1.165, 1.54) is 13.2 Å². The van der Waals surface area contributed by atoms with E-state index in [2.05, 4.69) is 14.5 Å². The maximum absolute atomic E-state index is 12.4. The molecule has 15 heavy (non-hydrogen) atoms. The van der Waals surface area contributed by atoms with Gasteiger partial charge in [0.2, 0.25) is 5.88 Å². The summed E-state index contributed by atoms with van der Waals surface area (Å²) in [5.74, 6) is -0.759. The summed E-state index contributed by atoms with van der Waals surface area (Å²) in [5.41, 5.74) is -0.533. The van der Waals surface area contributed by atoms with E-state index in [4.69, 9.17) is 0 Å². The minimum Gasteiger partial charge on any atom is -0.481 e. The third kappa shape index (κ3) is 2.61. The number of ether oxygens (including phenoxy) is 2. The summed E-state index contributed by atoms with van der Waals surface area (Å²) in [6.45, 7) is 0. The van der Waals surface area contributed by atoms with Crippen molar-refractivity contribution >= 4 is 5.97 Å². The molecular weight excluding hydrogens is 208 g/mol. The summed E-state index contributed by atoms with van der Waals surface area (Å²) in [5, 5.41) is 0. The number of pyridine rings is 1. The molecule has 0 aliphatic heterocycles. The van der Waals surface area contributed by atoms with Crippen molar-refractivity contribution < 1.29 is 23.0 Å². The molecule has 0 aromatic carbocycles. The van der Waals surface area contributed by atoms with E-state index in [-0.39, 0.29) is 11.4 Å². The number of alkyl halides is 2. The number of aromatic nitrogens is 1. The van der Waals surface area contributed by atoms with Crippen LogP contribution in [-0.4, -0.2) is 25.2 Å². The summed E-state index contributed by atoms with van der Waals surface area (Å²) in [6.07, 6.45) is -2.76. The Hall–Kier alpha value is -1.72. The molecule has 0 spiro atoms. The first-order valence-electron chi connectivity index (χ1n) is 4.01. The molecule has 0 radical (unpaired) electrons. The Kier molecular flexibility index (Phi) is 3.54. The number of methoxy groups -OCH3 is 2. The fourth-order valence-corrected chi connectivity index (χ4v) is 0.978. The zero-order chi connectivity index (χ0) is 11.4. The van der Waals surface area contributed by atoms with Gasteiger partial charge < -0.3 is 9.47 Å². The van der Waals surface area contributed by atoms with E-state index in [1.54, 1.807) is 0 Å². The van der Waals surface area contributed by atoms with E-state index in [0.717, 1.165) is 13.2 Å². The van der Waals surface area contributed by atoms with Gasteiger partial charge >= 0.3 is 5.97 Å². The average molecular weight is 217 g/mol. The molecule has 1 aromatic heterocycles. The molecular formula is C9H9F2NO3. The van der Waals surface area contributed by atoms with E-state index < -0.39 is 18.1 Å². The summed E-state index contributed by atoms with van der Waals surface area (Å²) in [7, 11) is 2.44. The number of hydrogen-bond donors (Lipinski definition) is 0. The number of esters is 1. The molecule has 0 unspecified atom stereocenters. The van der Waals surface area contributed by atoms with Crippen LogP contribution >= 0.6 is 0 Å². The van der Waals surface area contributed by atoms with Crippen LogP contribution in [0.25, 0.3) is 0 Å². The summed E-state index contributed by atoms with van der Waals surface area (Å²) >= 11 is 0. The molecule has 1 aromatic rings. The van der Waals surface area contributed by atoms with Crippen molar-refractivity contribution in [3.63, 3.8) is 0 Å². The van der Waals surface area contributed by atoms with Crippen LogP contribution in [0.4, 0.5) is 8.78 Å². The highest BCUT2D eigenvalue weighted by Gasteiger charge is 2.15. The summed E-state index contributed by atoms with van der Waals surface area (Å²) in [4.78, 5) is 14.6. The number of carbonyl (C=O) groups excluding carboxylic acids is 1. The standard InChI is InChI=1S/C9H9F2NO3/c1-14-7-4-5(9(13)15-2)3-6(12-7)8(10)11/h3-4,8H,1-2H3. The second-order valence-corrected chi connectivity index (χ2v) is 2.62. The quantitative estimate of drug-likeness (QED) is 0.724. The van der Waals surface area contributed by atoms with E-state index in [1.807, 2.05) is 0 Å². The first-order valence-corrected chi connectivity index (χ1v) is 4.01. The summed E-state index contributed by atoms with van der Waals surface area (Å²) in [6, 6.07) is 2.21. The molecule has 0 saturated heterocycles. The van der Waals surface area contributed by atoms with Gasteiger partial charge in [-0.2, -0.15) is 0 Å². The largest absolute Gasteiger partial charge is 0.481 e. The van der Waals surface area contributed by atoms with Gasteiger partial charge in [-0.15, -0.1) is 0 Å². The topological polar surface area (TPSA) is 48.4 Å². The molecule has 0 bridgehead atoms. The maximum Gasteiger partial charge on any atom is 0.338 e. The van der Waals surface area contributed by atoms with Crippen molar-refractivity contribution in [2.45, 2.75) is 6.43 Å². The Bertz CT molecular complexity index is 368. The second kappa shape index (κ2) is 4.68. The van der Waals surface area contributed by atoms with Gasteiger partial charge in [-0.1, -0.05) is 0 Å². The van der Waals surface area contributed by atoms with Gasteiger partial charge in [0.15, 0.2) is 0 Å². The molecule has 1 heterocycles. The molecule has 0 saturated carbocycles. The second-order valence-electron chi connectivity index (χ2n) is 2.62. The van der Waals surface area contributed by atoms with Crippen LogP contribution in [0.2, 0.25) is 0 Å². The molecule has 0 fully saturated rings. The highest BCUT2D eigenvalue weighted by Crippen LogP contribution is 2.21. The van der Waals surface area contributed by atoms with Crippen molar-refractivity contribution in [1.29, 1.82) is 0 Å². The molecule has 0 atom stereocenters. The van der Waals surface area contributed by atoms with Gasteiger partial charge in [-0.05, 0) is 6.07 Å². The van der Waals surface area contributed by atoms with E-state index in [9.17, 15) is 13.6 Å². The van der Waals surface area contributed by atoms with Crippen LogP contribution in [0.1, 0.15) is 22.5 Å². The molecule has 0 amide bonds. The van der Waals surface area contributed by atoms with Crippen LogP contribution in [0.5, 0.6) is 5.88 Å². The average Bonchev–Trinajstić information content (AvgIpc) is 2.27. The predicted molar refractivity (Wildman–Crippen MR) is 47.1 cm³/mol. The highest BCUT2D eigenvalue weighted by atomic mass is 19.3. The lowest BCUT2D eigenvalue weighted by Gasteiger charge is -2.05. The van der Waals surface area contributed by atoms with Gasteiger partial charge in [0, 0.05) is 6.07 Å². The van der Waals surface area contributed by atoms with Crippen LogP contribution in [-0.2, 0) is 4.74 Å². The third-order valence-electron chi connectivity index (χ3n) is 1.68. The van der Waals surface area contributed by atoms with Crippen LogP contribution in [0.15, 0.2) is 12.1 Å². The number of hydrogen-bond acceptors (Lipinski definition) is 4. The lowest BCUT2D eigenvalue weighted by molar-refractivity contribution is 0.0599. The summed E-state index contributed by atoms with van der Waals surface area (Å²) < 4.78 is 33.8. The maximum atomic E-state index is 12.4. The minimum atomic E-state index is -2.76. The highest BCUT2D eigenvalue weighted by molar-refractivity contribution is 5.89. The van der Waals surface area contributed by atoms with Gasteiger partial charge in [-0.25, -0.2) is 18.6 Å². The van der Waals surface area contributed by atoms with Gasteiger partial charge in [0.25, 0.3) is 6.43 Å².